The number of aryl methyl sites for hydroxylation is 1. The zero-order valence-corrected chi connectivity index (χ0v) is 12.4. The molecule has 3 rings (SSSR count). The second-order valence-corrected chi connectivity index (χ2v) is 6.08. The quantitative estimate of drug-likeness (QED) is 0.871. The fourth-order valence-corrected chi connectivity index (χ4v) is 3.10. The second-order valence-electron chi connectivity index (χ2n) is 6.08. The minimum absolute atomic E-state index is 0.0427. The Labute approximate surface area is 128 Å². The molecule has 118 valence electrons. The van der Waals surface area contributed by atoms with E-state index < -0.39 is 11.9 Å². The number of hydrogen-bond donors (Lipinski definition) is 2. The third kappa shape index (κ3) is 2.70. The molecule has 1 aromatic carbocycles. The summed E-state index contributed by atoms with van der Waals surface area (Å²) in [6.45, 7) is 2.69. The number of nitrogens with one attached hydrogen (secondary N) is 1. The number of nitrogens with zero attached hydrogens (tertiary/aromatic N) is 1. The molecule has 2 N–H and O–H groups in total. The Morgan fingerprint density at radius 1 is 1.45 bits per heavy atom. The van der Waals surface area contributed by atoms with E-state index in [1.165, 1.54) is 6.07 Å². The molecule has 22 heavy (non-hydrogen) atoms. The van der Waals surface area contributed by atoms with Crippen molar-refractivity contribution < 1.29 is 19.1 Å². The Morgan fingerprint density at radius 2 is 2.23 bits per heavy atom. The maximum Gasteiger partial charge on any atom is 0.256 e. The van der Waals surface area contributed by atoms with Crippen LogP contribution in [0.25, 0.3) is 0 Å². The summed E-state index contributed by atoms with van der Waals surface area (Å²) in [7, 11) is 0. The average molecular weight is 306 g/mol. The van der Waals surface area contributed by atoms with Crippen LogP contribution in [0.4, 0.5) is 10.1 Å². The molecule has 2 atom stereocenters. The predicted molar refractivity (Wildman–Crippen MR) is 79.0 cm³/mol. The van der Waals surface area contributed by atoms with E-state index >= 15 is 0 Å². The Bertz CT molecular complexity index is 630. The lowest BCUT2D eigenvalue weighted by atomic mass is 9.99. The van der Waals surface area contributed by atoms with Gasteiger partial charge in [-0.15, -0.1) is 0 Å². The molecule has 1 aromatic rings. The maximum atomic E-state index is 14.2. The largest absolute Gasteiger partial charge is 0.393 e. The number of carbonyl (C=O) groups is 2. The number of rotatable bonds is 2. The predicted octanol–water partition coefficient (Wildman–Crippen LogP) is 1.55. The van der Waals surface area contributed by atoms with E-state index in [0.29, 0.717) is 31.6 Å². The summed E-state index contributed by atoms with van der Waals surface area (Å²) in [5.41, 5.74) is 1.28. The first-order chi connectivity index (χ1) is 10.5. The number of anilines is 1. The van der Waals surface area contributed by atoms with Gasteiger partial charge in [-0.05, 0) is 37.5 Å². The van der Waals surface area contributed by atoms with Crippen molar-refractivity contribution in [3.8, 4) is 0 Å². The van der Waals surface area contributed by atoms with Gasteiger partial charge in [-0.1, -0.05) is 0 Å². The van der Waals surface area contributed by atoms with Gasteiger partial charge in [0.1, 0.15) is 5.82 Å². The van der Waals surface area contributed by atoms with Crippen molar-refractivity contribution in [2.45, 2.75) is 32.3 Å². The van der Waals surface area contributed by atoms with Crippen LogP contribution in [0.2, 0.25) is 0 Å². The number of hydrogen-bond acceptors (Lipinski definition) is 3. The molecule has 2 aliphatic heterocycles. The van der Waals surface area contributed by atoms with Gasteiger partial charge in [0.05, 0.1) is 11.7 Å². The molecule has 1 saturated heterocycles. The summed E-state index contributed by atoms with van der Waals surface area (Å²) in [5, 5.41) is 12.2. The molecule has 2 amide bonds. The summed E-state index contributed by atoms with van der Waals surface area (Å²) in [6.07, 6.45) is 1.12. The molecule has 2 heterocycles. The van der Waals surface area contributed by atoms with Crippen molar-refractivity contribution in [1.82, 2.24) is 4.90 Å². The van der Waals surface area contributed by atoms with Crippen LogP contribution in [0.15, 0.2) is 12.1 Å². The molecular formula is C16H19FN2O3. The topological polar surface area (TPSA) is 69.6 Å². The Hall–Kier alpha value is -1.95. The maximum absolute atomic E-state index is 14.2. The zero-order valence-electron chi connectivity index (χ0n) is 12.4. The summed E-state index contributed by atoms with van der Waals surface area (Å²) < 4.78 is 14.2. The van der Waals surface area contributed by atoms with Crippen LogP contribution in [0.5, 0.6) is 0 Å². The van der Waals surface area contributed by atoms with Crippen LogP contribution >= 0.6 is 0 Å². The van der Waals surface area contributed by atoms with Gasteiger partial charge in [0.15, 0.2) is 0 Å². The van der Waals surface area contributed by atoms with Crippen molar-refractivity contribution >= 4 is 17.5 Å². The van der Waals surface area contributed by atoms with Crippen LogP contribution in [0.3, 0.4) is 0 Å². The van der Waals surface area contributed by atoms with Gasteiger partial charge in [0.25, 0.3) is 5.91 Å². The van der Waals surface area contributed by atoms with E-state index in [2.05, 4.69) is 5.32 Å². The van der Waals surface area contributed by atoms with E-state index in [0.717, 1.165) is 12.0 Å². The first-order valence-corrected chi connectivity index (χ1v) is 7.55. The third-order valence-electron chi connectivity index (χ3n) is 4.51. The highest BCUT2D eigenvalue weighted by Gasteiger charge is 2.31. The Balaban J connectivity index is 1.83. The summed E-state index contributed by atoms with van der Waals surface area (Å²) in [4.78, 5) is 25.4. The van der Waals surface area contributed by atoms with Crippen molar-refractivity contribution in [3.05, 3.63) is 29.1 Å². The summed E-state index contributed by atoms with van der Waals surface area (Å²) in [6, 6.07) is 2.77. The van der Waals surface area contributed by atoms with Crippen LogP contribution in [0.1, 0.15) is 35.7 Å². The van der Waals surface area contributed by atoms with Gasteiger partial charge in [-0.25, -0.2) is 4.39 Å². The SMILES string of the molecule is CC(O)C1CCN(C(=O)c2cc3c(cc2F)NC(=O)CC3)C1. The van der Waals surface area contributed by atoms with Crippen LogP contribution in [0, 0.1) is 11.7 Å². The highest BCUT2D eigenvalue weighted by Crippen LogP contribution is 2.28. The number of benzene rings is 1. The van der Waals surface area contributed by atoms with E-state index in [4.69, 9.17) is 0 Å². The van der Waals surface area contributed by atoms with Gasteiger partial charge in [0, 0.05) is 31.1 Å². The van der Waals surface area contributed by atoms with Gasteiger partial charge < -0.3 is 15.3 Å². The van der Waals surface area contributed by atoms with Crippen molar-refractivity contribution in [1.29, 1.82) is 0 Å². The average Bonchev–Trinajstić information content (AvgIpc) is 2.95. The highest BCUT2D eigenvalue weighted by molar-refractivity contribution is 5.98. The van der Waals surface area contributed by atoms with Gasteiger partial charge in [-0.3, -0.25) is 9.59 Å². The fraction of sp³-hybridized carbons (Fsp3) is 0.500. The number of amides is 2. The minimum atomic E-state index is -0.619. The Morgan fingerprint density at radius 3 is 2.91 bits per heavy atom. The lowest BCUT2D eigenvalue weighted by Gasteiger charge is -2.21. The molecule has 1 fully saturated rings. The van der Waals surface area contributed by atoms with Gasteiger partial charge in [0.2, 0.25) is 5.91 Å². The highest BCUT2D eigenvalue weighted by atomic mass is 19.1. The number of halogens is 1. The van der Waals surface area contributed by atoms with Gasteiger partial charge >= 0.3 is 0 Å². The van der Waals surface area contributed by atoms with Crippen LogP contribution in [-0.4, -0.2) is 41.0 Å². The number of likely N-dealkylation sites (tertiary alicyclic amines) is 1. The summed E-state index contributed by atoms with van der Waals surface area (Å²) >= 11 is 0. The molecule has 0 spiro atoms. The molecule has 2 unspecified atom stereocenters. The molecule has 0 saturated carbocycles. The fourth-order valence-electron chi connectivity index (χ4n) is 3.10. The first kappa shape index (κ1) is 15.0. The van der Waals surface area contributed by atoms with Crippen molar-refractivity contribution in [2.24, 2.45) is 5.92 Å². The zero-order chi connectivity index (χ0) is 15.9. The van der Waals surface area contributed by atoms with Crippen LogP contribution in [-0.2, 0) is 11.2 Å². The molecule has 0 radical (unpaired) electrons. The molecular weight excluding hydrogens is 287 g/mol. The van der Waals surface area contributed by atoms with Crippen molar-refractivity contribution in [2.75, 3.05) is 18.4 Å². The van der Waals surface area contributed by atoms with E-state index in [-0.39, 0.29) is 23.3 Å². The smallest absolute Gasteiger partial charge is 0.256 e. The first-order valence-electron chi connectivity index (χ1n) is 7.55. The van der Waals surface area contributed by atoms with E-state index in [9.17, 15) is 19.1 Å². The number of aliphatic hydroxyl groups excluding tert-OH is 1. The molecule has 0 aliphatic carbocycles. The lowest BCUT2D eigenvalue weighted by Crippen LogP contribution is -2.31. The summed E-state index contributed by atoms with van der Waals surface area (Å²) in [5.74, 6) is -1.05. The third-order valence-corrected chi connectivity index (χ3v) is 4.51. The lowest BCUT2D eigenvalue weighted by molar-refractivity contribution is -0.116. The van der Waals surface area contributed by atoms with Crippen LogP contribution < -0.4 is 5.32 Å². The molecule has 0 aromatic heterocycles. The van der Waals surface area contributed by atoms with E-state index in [1.54, 1.807) is 17.9 Å². The molecule has 5 nitrogen and oxygen atoms in total. The van der Waals surface area contributed by atoms with Crippen molar-refractivity contribution in [3.63, 3.8) is 0 Å². The number of aliphatic hydroxyl groups is 1. The standard InChI is InChI=1S/C16H19FN2O3/c1-9(20)11-4-5-19(8-11)16(22)12-6-10-2-3-15(21)18-14(10)7-13(12)17/h6-7,9,11,20H,2-5,8H2,1H3,(H,18,21). The normalized spacial score (nSPS) is 22.2. The molecule has 6 heteroatoms. The molecule has 2 aliphatic rings. The minimum Gasteiger partial charge on any atom is -0.393 e. The Kier molecular flexibility index (Phi) is 3.87. The molecule has 0 bridgehead atoms. The second kappa shape index (κ2) is 5.68. The monoisotopic (exact) mass is 306 g/mol. The van der Waals surface area contributed by atoms with E-state index in [1.807, 2.05) is 0 Å². The van der Waals surface area contributed by atoms with Gasteiger partial charge in [-0.2, -0.15) is 0 Å². The number of fused-ring (bicyclic) bond motifs is 1. The number of carbonyl (C=O) groups excluding carboxylic acids is 2.